The predicted molar refractivity (Wildman–Crippen MR) is 134 cm³/mol. The fourth-order valence-corrected chi connectivity index (χ4v) is 5.20. The molecule has 180 valence electrons. The molecule has 0 saturated heterocycles. The summed E-state index contributed by atoms with van der Waals surface area (Å²) in [4.78, 5) is 15.5. The number of aryl methyl sites for hydroxylation is 1. The van der Waals surface area contributed by atoms with Crippen molar-refractivity contribution in [2.24, 2.45) is 0 Å². The summed E-state index contributed by atoms with van der Waals surface area (Å²) < 4.78 is 25.4. The van der Waals surface area contributed by atoms with Gasteiger partial charge in [0.25, 0.3) is 0 Å². The molecule has 3 aliphatic rings. The molecular formula is C29H24N2O5. The highest BCUT2D eigenvalue weighted by molar-refractivity contribution is 6.15. The van der Waals surface area contributed by atoms with E-state index in [1.165, 1.54) is 0 Å². The molecule has 7 nitrogen and oxygen atoms in total. The number of nitrogens with zero attached hydrogens (tertiary/aromatic N) is 2. The summed E-state index contributed by atoms with van der Waals surface area (Å²) in [6.45, 7) is 4.95. The maximum absolute atomic E-state index is 13.3. The third-order valence-corrected chi connectivity index (χ3v) is 6.97. The highest BCUT2D eigenvalue weighted by atomic mass is 16.7. The van der Waals surface area contributed by atoms with Gasteiger partial charge in [-0.25, -0.2) is 0 Å². The van der Waals surface area contributed by atoms with E-state index in [0.29, 0.717) is 36.9 Å². The van der Waals surface area contributed by atoms with Gasteiger partial charge in [-0.3, -0.25) is 9.69 Å². The first-order chi connectivity index (χ1) is 17.7. The molecule has 0 atom stereocenters. The van der Waals surface area contributed by atoms with Gasteiger partial charge in [-0.1, -0.05) is 24.3 Å². The Morgan fingerprint density at radius 2 is 1.83 bits per heavy atom. The summed E-state index contributed by atoms with van der Waals surface area (Å²) in [5.41, 5.74) is 4.68. The first kappa shape index (κ1) is 21.1. The Kier molecular flexibility index (Phi) is 4.79. The molecule has 3 aromatic carbocycles. The Bertz CT molecular complexity index is 1570. The van der Waals surface area contributed by atoms with Crippen LogP contribution in [-0.4, -0.2) is 28.8 Å². The summed E-state index contributed by atoms with van der Waals surface area (Å²) in [5.74, 6) is 3.12. The fraction of sp³-hybridized carbons (Fsp3) is 0.207. The predicted octanol–water partition coefficient (Wildman–Crippen LogP) is 5.36. The van der Waals surface area contributed by atoms with Gasteiger partial charge < -0.3 is 23.5 Å². The molecule has 36 heavy (non-hydrogen) atoms. The standard InChI is InChI=1S/C29H24N2O5/c1-2-31-14-19(20-5-3-4-6-23(20)31)12-27-28(32)21-8-10-24-22(29(21)36-27)15-30(16-33-24)13-18-7-9-25-26(11-18)35-17-34-25/h3-12,14H,2,13,15-17H2,1H3/b27-12-. The number of rotatable bonds is 4. The van der Waals surface area contributed by atoms with Crippen molar-refractivity contribution in [3.05, 3.63) is 88.8 Å². The first-order valence-electron chi connectivity index (χ1n) is 12.1. The highest BCUT2D eigenvalue weighted by Crippen LogP contribution is 2.43. The van der Waals surface area contributed by atoms with Crippen LogP contribution in [0.3, 0.4) is 0 Å². The first-order valence-corrected chi connectivity index (χ1v) is 12.1. The Hall–Kier alpha value is -4.23. The SMILES string of the molecule is CCn1cc(/C=C2\Oc3c(ccc4c3CN(Cc3ccc5c(c3)OCO5)CO4)C2=O)c2ccccc21. The van der Waals surface area contributed by atoms with E-state index in [1.54, 1.807) is 6.07 Å². The molecule has 0 aliphatic carbocycles. The number of allylic oxidation sites excluding steroid dienone is 1. The van der Waals surface area contributed by atoms with Gasteiger partial charge >= 0.3 is 0 Å². The zero-order valence-electron chi connectivity index (χ0n) is 19.8. The van der Waals surface area contributed by atoms with Crippen LogP contribution < -0.4 is 18.9 Å². The van der Waals surface area contributed by atoms with Crippen molar-refractivity contribution >= 4 is 22.8 Å². The number of benzene rings is 3. The van der Waals surface area contributed by atoms with Crippen molar-refractivity contribution < 1.29 is 23.7 Å². The number of hydrogen-bond acceptors (Lipinski definition) is 6. The Morgan fingerprint density at radius 3 is 2.75 bits per heavy atom. The van der Waals surface area contributed by atoms with E-state index in [0.717, 1.165) is 51.4 Å². The van der Waals surface area contributed by atoms with E-state index in [2.05, 4.69) is 34.7 Å². The maximum atomic E-state index is 13.3. The highest BCUT2D eigenvalue weighted by Gasteiger charge is 2.34. The van der Waals surface area contributed by atoms with Gasteiger partial charge in [0.05, 0.1) is 11.1 Å². The molecule has 4 aromatic rings. The van der Waals surface area contributed by atoms with Crippen LogP contribution in [0.1, 0.15) is 34.0 Å². The van der Waals surface area contributed by atoms with Gasteiger partial charge in [0, 0.05) is 42.3 Å². The zero-order chi connectivity index (χ0) is 24.2. The second-order valence-corrected chi connectivity index (χ2v) is 9.19. The summed E-state index contributed by atoms with van der Waals surface area (Å²) in [7, 11) is 0. The molecule has 1 aromatic heterocycles. The Balaban J connectivity index is 1.18. The smallest absolute Gasteiger partial charge is 0.231 e. The van der Waals surface area contributed by atoms with Crippen molar-refractivity contribution in [1.29, 1.82) is 0 Å². The van der Waals surface area contributed by atoms with Crippen LogP contribution >= 0.6 is 0 Å². The number of fused-ring (bicyclic) bond motifs is 5. The van der Waals surface area contributed by atoms with Crippen LogP contribution in [0.2, 0.25) is 0 Å². The van der Waals surface area contributed by atoms with E-state index in [4.69, 9.17) is 18.9 Å². The minimum absolute atomic E-state index is 0.103. The molecule has 0 unspecified atom stereocenters. The number of hydrogen-bond donors (Lipinski definition) is 0. The van der Waals surface area contributed by atoms with Gasteiger partial charge in [0.15, 0.2) is 17.3 Å². The van der Waals surface area contributed by atoms with Crippen LogP contribution in [0.25, 0.3) is 17.0 Å². The topological polar surface area (TPSA) is 62.2 Å². The van der Waals surface area contributed by atoms with E-state index in [9.17, 15) is 4.79 Å². The number of carbonyl (C=O) groups is 1. The molecule has 3 aliphatic heterocycles. The molecule has 0 N–H and O–H groups in total. The number of Topliss-reactive ketones (excluding diaryl/α,β-unsaturated/α-hetero) is 1. The molecule has 0 saturated carbocycles. The van der Waals surface area contributed by atoms with Crippen molar-refractivity contribution in [3.8, 4) is 23.0 Å². The molecule has 0 radical (unpaired) electrons. The number of para-hydroxylation sites is 1. The van der Waals surface area contributed by atoms with Gasteiger partial charge in [-0.2, -0.15) is 0 Å². The molecule has 0 spiro atoms. The van der Waals surface area contributed by atoms with Crippen molar-refractivity contribution in [2.75, 3.05) is 13.5 Å². The normalized spacial score (nSPS) is 17.2. The van der Waals surface area contributed by atoms with Gasteiger partial charge in [-0.05, 0) is 48.9 Å². The molecule has 7 rings (SSSR count). The van der Waals surface area contributed by atoms with E-state index < -0.39 is 0 Å². The molecule has 0 bridgehead atoms. The number of aromatic nitrogens is 1. The van der Waals surface area contributed by atoms with Crippen molar-refractivity contribution in [1.82, 2.24) is 9.47 Å². The van der Waals surface area contributed by atoms with Crippen molar-refractivity contribution in [3.63, 3.8) is 0 Å². The molecule has 7 heteroatoms. The fourth-order valence-electron chi connectivity index (χ4n) is 5.20. The van der Waals surface area contributed by atoms with E-state index >= 15 is 0 Å². The number of ketones is 1. The van der Waals surface area contributed by atoms with Gasteiger partial charge in [-0.15, -0.1) is 0 Å². The van der Waals surface area contributed by atoms with E-state index in [-0.39, 0.29) is 12.6 Å². The molecule has 0 fully saturated rings. The third kappa shape index (κ3) is 3.35. The van der Waals surface area contributed by atoms with Crippen molar-refractivity contribution in [2.45, 2.75) is 26.6 Å². The van der Waals surface area contributed by atoms with Crippen LogP contribution in [0.4, 0.5) is 0 Å². The minimum atomic E-state index is -0.103. The largest absolute Gasteiger partial charge is 0.478 e. The lowest BCUT2D eigenvalue weighted by Crippen LogP contribution is -2.31. The lowest BCUT2D eigenvalue weighted by atomic mass is 10.0. The number of ether oxygens (including phenoxy) is 4. The summed E-state index contributed by atoms with van der Waals surface area (Å²) in [6, 6.07) is 17.9. The lowest BCUT2D eigenvalue weighted by molar-refractivity contribution is 0.0872. The summed E-state index contributed by atoms with van der Waals surface area (Å²) in [5, 5.41) is 1.10. The number of carbonyl (C=O) groups excluding carboxylic acids is 1. The van der Waals surface area contributed by atoms with Crippen LogP contribution in [0, 0.1) is 0 Å². The minimum Gasteiger partial charge on any atom is -0.478 e. The average Bonchev–Trinajstić information content (AvgIpc) is 3.60. The summed E-state index contributed by atoms with van der Waals surface area (Å²) >= 11 is 0. The second kappa shape index (κ2) is 8.17. The Labute approximate surface area is 208 Å². The summed E-state index contributed by atoms with van der Waals surface area (Å²) in [6.07, 6.45) is 3.93. The van der Waals surface area contributed by atoms with E-state index in [1.807, 2.05) is 42.5 Å². The monoisotopic (exact) mass is 480 g/mol. The lowest BCUT2D eigenvalue weighted by Gasteiger charge is -2.29. The van der Waals surface area contributed by atoms with Gasteiger partial charge in [0.2, 0.25) is 12.6 Å². The molecule has 0 amide bonds. The molecular weight excluding hydrogens is 456 g/mol. The van der Waals surface area contributed by atoms with Crippen LogP contribution in [0.15, 0.2) is 66.6 Å². The molecule has 4 heterocycles. The second-order valence-electron chi connectivity index (χ2n) is 9.19. The van der Waals surface area contributed by atoms with Crippen LogP contribution in [-0.2, 0) is 19.6 Å². The quantitative estimate of drug-likeness (QED) is 0.367. The zero-order valence-corrected chi connectivity index (χ0v) is 19.8. The Morgan fingerprint density at radius 1 is 0.972 bits per heavy atom. The maximum Gasteiger partial charge on any atom is 0.231 e. The van der Waals surface area contributed by atoms with Crippen LogP contribution in [0.5, 0.6) is 23.0 Å². The van der Waals surface area contributed by atoms with Gasteiger partial charge in [0.1, 0.15) is 18.2 Å². The average molecular weight is 481 g/mol. The third-order valence-electron chi connectivity index (χ3n) is 6.97.